The van der Waals surface area contributed by atoms with Gasteiger partial charge >= 0.3 is 0 Å². The van der Waals surface area contributed by atoms with Crippen LogP contribution in [0.1, 0.15) is 24.3 Å². The molecule has 1 aromatic rings. The van der Waals surface area contributed by atoms with Crippen molar-refractivity contribution in [2.45, 2.75) is 18.8 Å². The van der Waals surface area contributed by atoms with Gasteiger partial charge in [-0.1, -0.05) is 12.1 Å². The van der Waals surface area contributed by atoms with Crippen molar-refractivity contribution in [3.05, 3.63) is 29.8 Å². The van der Waals surface area contributed by atoms with Crippen LogP contribution in [0.25, 0.3) is 0 Å². The Morgan fingerprint density at radius 1 is 1.44 bits per heavy atom. The number of hydrogen-bond acceptors (Lipinski definition) is 3. The quantitative estimate of drug-likeness (QED) is 0.846. The van der Waals surface area contributed by atoms with Gasteiger partial charge in [-0.15, -0.1) is 0 Å². The summed E-state index contributed by atoms with van der Waals surface area (Å²) in [5.74, 6) is 1.32. The summed E-state index contributed by atoms with van der Waals surface area (Å²) < 4.78 is 10.9. The Morgan fingerprint density at radius 3 is 3.12 bits per heavy atom. The van der Waals surface area contributed by atoms with E-state index in [-0.39, 0.29) is 6.61 Å². The van der Waals surface area contributed by atoms with E-state index in [4.69, 9.17) is 14.6 Å². The minimum Gasteiger partial charge on any atom is -0.491 e. The van der Waals surface area contributed by atoms with Gasteiger partial charge in [-0.3, -0.25) is 0 Å². The second kappa shape index (κ2) is 5.87. The highest BCUT2D eigenvalue weighted by molar-refractivity contribution is 5.31. The lowest BCUT2D eigenvalue weighted by Gasteiger charge is -2.22. The molecule has 1 aliphatic heterocycles. The molecule has 1 aromatic carbocycles. The monoisotopic (exact) mass is 222 g/mol. The first kappa shape index (κ1) is 11.4. The predicted octanol–water partition coefficient (Wildman–Crippen LogP) is 1.95. The molecular weight excluding hydrogens is 204 g/mol. The molecule has 1 unspecified atom stereocenters. The summed E-state index contributed by atoms with van der Waals surface area (Å²) in [5.41, 5.74) is 1.27. The molecule has 1 aliphatic rings. The normalized spacial score (nSPS) is 20.7. The molecule has 1 fully saturated rings. The van der Waals surface area contributed by atoms with Crippen LogP contribution in [0.4, 0.5) is 0 Å². The topological polar surface area (TPSA) is 38.7 Å². The van der Waals surface area contributed by atoms with E-state index >= 15 is 0 Å². The number of aliphatic hydroxyl groups is 1. The van der Waals surface area contributed by atoms with Gasteiger partial charge in [-0.2, -0.15) is 0 Å². The van der Waals surface area contributed by atoms with Crippen molar-refractivity contribution in [1.82, 2.24) is 0 Å². The number of hydrogen-bond donors (Lipinski definition) is 1. The molecule has 0 saturated carbocycles. The van der Waals surface area contributed by atoms with Crippen LogP contribution in [0.5, 0.6) is 5.75 Å². The van der Waals surface area contributed by atoms with Gasteiger partial charge in [0.05, 0.1) is 13.2 Å². The molecule has 1 saturated heterocycles. The lowest BCUT2D eigenvalue weighted by molar-refractivity contribution is 0.0803. The molecular formula is C13H18O3. The minimum atomic E-state index is 0.0523. The summed E-state index contributed by atoms with van der Waals surface area (Å²) in [6.07, 6.45) is 2.32. The van der Waals surface area contributed by atoms with Crippen LogP contribution < -0.4 is 4.74 Å². The molecule has 88 valence electrons. The summed E-state index contributed by atoms with van der Waals surface area (Å²) in [5, 5.41) is 8.70. The first-order valence-electron chi connectivity index (χ1n) is 5.81. The van der Waals surface area contributed by atoms with Crippen molar-refractivity contribution in [2.24, 2.45) is 0 Å². The molecule has 1 N–H and O–H groups in total. The second-order valence-electron chi connectivity index (χ2n) is 4.06. The molecule has 0 amide bonds. The van der Waals surface area contributed by atoms with Crippen molar-refractivity contribution in [1.29, 1.82) is 0 Å². The summed E-state index contributed by atoms with van der Waals surface area (Å²) in [6, 6.07) is 8.08. The average molecular weight is 222 g/mol. The molecule has 1 atom stereocenters. The molecule has 0 bridgehead atoms. The van der Waals surface area contributed by atoms with Crippen molar-refractivity contribution in [3.63, 3.8) is 0 Å². The summed E-state index contributed by atoms with van der Waals surface area (Å²) in [7, 11) is 0. The third-order valence-corrected chi connectivity index (χ3v) is 2.85. The van der Waals surface area contributed by atoms with Crippen molar-refractivity contribution >= 4 is 0 Å². The van der Waals surface area contributed by atoms with Crippen LogP contribution in [-0.4, -0.2) is 31.5 Å². The Hall–Kier alpha value is -1.06. The molecule has 16 heavy (non-hydrogen) atoms. The highest BCUT2D eigenvalue weighted by Crippen LogP contribution is 2.27. The molecule has 2 rings (SSSR count). The molecule has 0 radical (unpaired) electrons. The zero-order valence-corrected chi connectivity index (χ0v) is 9.39. The standard InChI is InChI=1S/C13H18O3/c14-6-8-16-13-5-1-3-11(9-13)12-4-2-7-15-10-12/h1,3,5,9,12,14H,2,4,6-8,10H2. The van der Waals surface area contributed by atoms with Gasteiger partial charge in [0, 0.05) is 12.5 Å². The van der Waals surface area contributed by atoms with Gasteiger partial charge < -0.3 is 14.6 Å². The van der Waals surface area contributed by atoms with E-state index in [9.17, 15) is 0 Å². The van der Waals surface area contributed by atoms with Gasteiger partial charge in [0.25, 0.3) is 0 Å². The van der Waals surface area contributed by atoms with Gasteiger partial charge in [0.2, 0.25) is 0 Å². The van der Waals surface area contributed by atoms with E-state index in [1.807, 2.05) is 12.1 Å². The van der Waals surface area contributed by atoms with Crippen LogP contribution in [0.15, 0.2) is 24.3 Å². The lowest BCUT2D eigenvalue weighted by atomic mass is 9.93. The Labute approximate surface area is 96.0 Å². The van der Waals surface area contributed by atoms with Crippen molar-refractivity contribution < 1.29 is 14.6 Å². The average Bonchev–Trinajstić information content (AvgIpc) is 2.38. The van der Waals surface area contributed by atoms with E-state index in [0.717, 1.165) is 25.4 Å². The Bertz CT molecular complexity index is 319. The Kier molecular flexibility index (Phi) is 4.19. The highest BCUT2D eigenvalue weighted by atomic mass is 16.5. The third-order valence-electron chi connectivity index (χ3n) is 2.85. The van der Waals surface area contributed by atoms with Gasteiger partial charge in [0.15, 0.2) is 0 Å². The van der Waals surface area contributed by atoms with E-state index in [1.54, 1.807) is 0 Å². The zero-order valence-electron chi connectivity index (χ0n) is 9.39. The Morgan fingerprint density at radius 2 is 2.38 bits per heavy atom. The summed E-state index contributed by atoms with van der Waals surface area (Å²) >= 11 is 0. The zero-order chi connectivity index (χ0) is 11.2. The summed E-state index contributed by atoms with van der Waals surface area (Å²) in [6.45, 7) is 2.10. The van der Waals surface area contributed by atoms with Crippen LogP contribution >= 0.6 is 0 Å². The third kappa shape index (κ3) is 2.97. The van der Waals surface area contributed by atoms with Crippen LogP contribution in [-0.2, 0) is 4.74 Å². The van der Waals surface area contributed by atoms with Gasteiger partial charge in [0.1, 0.15) is 12.4 Å². The molecule has 0 aromatic heterocycles. The van der Waals surface area contributed by atoms with E-state index < -0.39 is 0 Å². The van der Waals surface area contributed by atoms with Crippen LogP contribution in [0.2, 0.25) is 0 Å². The molecule has 0 aliphatic carbocycles. The van der Waals surface area contributed by atoms with E-state index in [0.29, 0.717) is 12.5 Å². The van der Waals surface area contributed by atoms with Gasteiger partial charge in [-0.25, -0.2) is 0 Å². The number of aliphatic hydroxyl groups excluding tert-OH is 1. The molecule has 3 heteroatoms. The maximum Gasteiger partial charge on any atom is 0.119 e. The number of rotatable bonds is 4. The lowest BCUT2D eigenvalue weighted by Crippen LogP contribution is -2.15. The maximum atomic E-state index is 8.70. The van der Waals surface area contributed by atoms with Crippen molar-refractivity contribution in [2.75, 3.05) is 26.4 Å². The number of ether oxygens (including phenoxy) is 2. The van der Waals surface area contributed by atoms with Crippen LogP contribution in [0.3, 0.4) is 0 Å². The van der Waals surface area contributed by atoms with Gasteiger partial charge in [-0.05, 0) is 30.5 Å². The maximum absolute atomic E-state index is 8.70. The fraction of sp³-hybridized carbons (Fsp3) is 0.538. The second-order valence-corrected chi connectivity index (χ2v) is 4.06. The molecule has 3 nitrogen and oxygen atoms in total. The molecule has 1 heterocycles. The number of benzene rings is 1. The van der Waals surface area contributed by atoms with Crippen LogP contribution in [0, 0.1) is 0 Å². The SMILES string of the molecule is OCCOc1cccc(C2CCCOC2)c1. The smallest absolute Gasteiger partial charge is 0.119 e. The fourth-order valence-electron chi connectivity index (χ4n) is 2.03. The first-order valence-corrected chi connectivity index (χ1v) is 5.81. The van der Waals surface area contributed by atoms with Crippen molar-refractivity contribution in [3.8, 4) is 5.75 Å². The largest absolute Gasteiger partial charge is 0.491 e. The van der Waals surface area contributed by atoms with E-state index in [1.165, 1.54) is 12.0 Å². The van der Waals surface area contributed by atoms with E-state index in [2.05, 4.69) is 12.1 Å². The minimum absolute atomic E-state index is 0.0523. The fourth-order valence-corrected chi connectivity index (χ4v) is 2.03. The summed E-state index contributed by atoms with van der Waals surface area (Å²) in [4.78, 5) is 0. The predicted molar refractivity (Wildman–Crippen MR) is 61.8 cm³/mol. The molecule has 0 spiro atoms. The first-order chi connectivity index (χ1) is 7.90. The highest BCUT2D eigenvalue weighted by Gasteiger charge is 2.16. The Balaban J connectivity index is 2.02.